The van der Waals surface area contributed by atoms with Crippen molar-refractivity contribution in [1.82, 2.24) is 0 Å². The summed E-state index contributed by atoms with van der Waals surface area (Å²) in [6.45, 7) is 18.1. The van der Waals surface area contributed by atoms with E-state index in [9.17, 15) is 4.39 Å². The van der Waals surface area contributed by atoms with Crippen molar-refractivity contribution < 1.29 is 4.39 Å². The normalized spacial score (nSPS) is 15.0. The average molecular weight is 317 g/mol. The molecule has 1 aromatic rings. The molecule has 0 aliphatic carbocycles. The van der Waals surface area contributed by atoms with Gasteiger partial charge in [0.1, 0.15) is 5.67 Å². The van der Waals surface area contributed by atoms with Crippen molar-refractivity contribution in [2.75, 3.05) is 0 Å². The Morgan fingerprint density at radius 2 is 1.61 bits per heavy atom. The van der Waals surface area contributed by atoms with Crippen LogP contribution in [0.25, 0.3) is 11.1 Å². The fraction of sp³-hybridized carbons (Fsp3) is 0.545. The summed E-state index contributed by atoms with van der Waals surface area (Å²) in [7, 11) is 0. The first-order valence-electron chi connectivity index (χ1n) is 8.85. The third kappa shape index (κ3) is 5.64. The first-order valence-corrected chi connectivity index (χ1v) is 8.85. The summed E-state index contributed by atoms with van der Waals surface area (Å²) in [6, 6.07) is 6.52. The van der Waals surface area contributed by atoms with Gasteiger partial charge in [0.05, 0.1) is 0 Å². The maximum atomic E-state index is 14.8. The minimum atomic E-state index is -1.06. The Labute approximate surface area is 142 Å². The van der Waals surface area contributed by atoms with Gasteiger partial charge in [-0.2, -0.15) is 0 Å². The quantitative estimate of drug-likeness (QED) is 0.450. The molecule has 0 saturated heterocycles. The lowest BCUT2D eigenvalue weighted by atomic mass is 9.81. The van der Waals surface area contributed by atoms with Crippen LogP contribution in [0.5, 0.6) is 0 Å². The molecule has 0 saturated carbocycles. The second-order valence-electron chi connectivity index (χ2n) is 7.15. The lowest BCUT2D eigenvalue weighted by Crippen LogP contribution is -2.29. The van der Waals surface area contributed by atoms with Gasteiger partial charge in [-0.05, 0) is 68.7 Å². The number of hydrogen-bond donors (Lipinski definition) is 0. The van der Waals surface area contributed by atoms with Crippen LogP contribution in [0.4, 0.5) is 4.39 Å². The standard InChI is InChI=1S/C22H33F/c1-8-12-22(7,23)21(9-2)11-10-18-13-19(16(3)4)15-20(14-18)17(5)6/h13-15,21H,3,5,8-12H2,1-2,4,6-7H3. The number of aryl methyl sites for hydroxylation is 1. The van der Waals surface area contributed by atoms with Crippen LogP contribution in [-0.4, -0.2) is 5.67 Å². The van der Waals surface area contributed by atoms with Crippen LogP contribution >= 0.6 is 0 Å². The maximum absolute atomic E-state index is 14.8. The zero-order valence-corrected chi connectivity index (χ0v) is 15.6. The van der Waals surface area contributed by atoms with E-state index in [1.54, 1.807) is 6.92 Å². The van der Waals surface area contributed by atoms with Gasteiger partial charge in [-0.15, -0.1) is 0 Å². The van der Waals surface area contributed by atoms with Crippen molar-refractivity contribution >= 4 is 11.1 Å². The number of hydrogen-bond acceptors (Lipinski definition) is 0. The van der Waals surface area contributed by atoms with E-state index in [0.717, 1.165) is 48.0 Å². The Kier molecular flexibility index (Phi) is 7.25. The van der Waals surface area contributed by atoms with Crippen LogP contribution in [-0.2, 0) is 6.42 Å². The highest BCUT2D eigenvalue weighted by atomic mass is 19.1. The SMILES string of the molecule is C=C(C)c1cc(CCC(CC)C(C)(F)CCC)cc(C(=C)C)c1. The fourth-order valence-electron chi connectivity index (χ4n) is 3.29. The van der Waals surface area contributed by atoms with Crippen LogP contribution in [0.1, 0.15) is 77.0 Å². The number of allylic oxidation sites excluding steroid dienone is 2. The van der Waals surface area contributed by atoms with E-state index >= 15 is 0 Å². The van der Waals surface area contributed by atoms with Gasteiger partial charge in [-0.3, -0.25) is 0 Å². The van der Waals surface area contributed by atoms with Gasteiger partial charge >= 0.3 is 0 Å². The lowest BCUT2D eigenvalue weighted by molar-refractivity contribution is 0.0814. The van der Waals surface area contributed by atoms with Crippen LogP contribution in [0.2, 0.25) is 0 Å². The first-order chi connectivity index (χ1) is 10.7. The van der Waals surface area contributed by atoms with E-state index in [0.29, 0.717) is 6.42 Å². The largest absolute Gasteiger partial charge is 0.244 e. The van der Waals surface area contributed by atoms with E-state index in [1.807, 2.05) is 13.8 Å². The molecule has 2 unspecified atom stereocenters. The van der Waals surface area contributed by atoms with Crippen molar-refractivity contribution in [2.24, 2.45) is 5.92 Å². The highest BCUT2D eigenvalue weighted by Crippen LogP contribution is 2.33. The van der Waals surface area contributed by atoms with Gasteiger partial charge in [-0.25, -0.2) is 4.39 Å². The molecule has 0 nitrogen and oxygen atoms in total. The molecule has 1 aromatic carbocycles. The molecule has 0 fully saturated rings. The second-order valence-corrected chi connectivity index (χ2v) is 7.15. The topological polar surface area (TPSA) is 0 Å². The highest BCUT2D eigenvalue weighted by molar-refractivity contribution is 5.69. The van der Waals surface area contributed by atoms with Gasteiger partial charge in [0.2, 0.25) is 0 Å². The molecule has 128 valence electrons. The summed E-state index contributed by atoms with van der Waals surface area (Å²) in [6.07, 6.45) is 4.23. The van der Waals surface area contributed by atoms with Gasteiger partial charge in [0, 0.05) is 0 Å². The molecule has 0 aliphatic rings. The lowest BCUT2D eigenvalue weighted by Gasteiger charge is -2.30. The molecule has 0 spiro atoms. The molecule has 0 aromatic heterocycles. The molecule has 1 rings (SSSR count). The highest BCUT2D eigenvalue weighted by Gasteiger charge is 2.31. The summed E-state index contributed by atoms with van der Waals surface area (Å²) in [4.78, 5) is 0. The van der Waals surface area contributed by atoms with Crippen molar-refractivity contribution in [3.63, 3.8) is 0 Å². The Morgan fingerprint density at radius 1 is 1.09 bits per heavy atom. The minimum Gasteiger partial charge on any atom is -0.244 e. The van der Waals surface area contributed by atoms with Gasteiger partial charge in [0.25, 0.3) is 0 Å². The van der Waals surface area contributed by atoms with E-state index in [2.05, 4.69) is 45.2 Å². The van der Waals surface area contributed by atoms with E-state index < -0.39 is 5.67 Å². The maximum Gasteiger partial charge on any atom is 0.111 e. The van der Waals surface area contributed by atoms with Crippen LogP contribution in [0, 0.1) is 5.92 Å². The molecule has 0 radical (unpaired) electrons. The fourth-order valence-corrected chi connectivity index (χ4v) is 3.29. The summed E-state index contributed by atoms with van der Waals surface area (Å²) in [5, 5.41) is 0. The molecule has 23 heavy (non-hydrogen) atoms. The van der Waals surface area contributed by atoms with Crippen LogP contribution in [0.15, 0.2) is 31.4 Å². The number of halogens is 1. The molecule has 0 heterocycles. The van der Waals surface area contributed by atoms with Crippen molar-refractivity contribution in [3.05, 3.63) is 48.0 Å². The molecule has 2 atom stereocenters. The Bertz CT molecular complexity index is 519. The summed E-state index contributed by atoms with van der Waals surface area (Å²) < 4.78 is 14.8. The summed E-state index contributed by atoms with van der Waals surface area (Å²) in [5.74, 6) is 0.115. The third-order valence-corrected chi connectivity index (χ3v) is 4.84. The molecule has 0 aliphatic heterocycles. The van der Waals surface area contributed by atoms with Crippen molar-refractivity contribution in [2.45, 2.75) is 72.4 Å². The van der Waals surface area contributed by atoms with Crippen molar-refractivity contribution in [3.8, 4) is 0 Å². The smallest absolute Gasteiger partial charge is 0.111 e. The predicted octanol–water partition coefficient (Wildman–Crippen LogP) is 7.24. The first kappa shape index (κ1) is 19.7. The minimum absolute atomic E-state index is 0.115. The van der Waals surface area contributed by atoms with E-state index in [-0.39, 0.29) is 5.92 Å². The third-order valence-electron chi connectivity index (χ3n) is 4.84. The Hall–Kier alpha value is -1.37. The van der Waals surface area contributed by atoms with Crippen molar-refractivity contribution in [1.29, 1.82) is 0 Å². The summed E-state index contributed by atoms with van der Waals surface area (Å²) >= 11 is 0. The molecular weight excluding hydrogens is 283 g/mol. The Balaban J connectivity index is 2.95. The molecule has 0 amide bonds. The molecular formula is C22H33F. The van der Waals surface area contributed by atoms with Gasteiger partial charge in [0.15, 0.2) is 0 Å². The predicted molar refractivity (Wildman–Crippen MR) is 102 cm³/mol. The Morgan fingerprint density at radius 3 is 2.00 bits per heavy atom. The van der Waals surface area contributed by atoms with Gasteiger partial charge in [-0.1, -0.05) is 63.1 Å². The number of rotatable bonds is 9. The van der Waals surface area contributed by atoms with Crippen LogP contribution in [0.3, 0.4) is 0 Å². The molecule has 0 bridgehead atoms. The van der Waals surface area contributed by atoms with Crippen LogP contribution < -0.4 is 0 Å². The zero-order chi connectivity index (χ0) is 17.6. The molecule has 0 N–H and O–H groups in total. The van der Waals surface area contributed by atoms with E-state index in [1.165, 1.54) is 5.56 Å². The van der Waals surface area contributed by atoms with E-state index in [4.69, 9.17) is 0 Å². The monoisotopic (exact) mass is 316 g/mol. The number of alkyl halides is 1. The summed E-state index contributed by atoms with van der Waals surface area (Å²) in [5.41, 5.74) is 4.63. The number of benzene rings is 1. The average Bonchev–Trinajstić information content (AvgIpc) is 2.47. The zero-order valence-electron chi connectivity index (χ0n) is 15.6. The van der Waals surface area contributed by atoms with Gasteiger partial charge < -0.3 is 0 Å². The second kappa shape index (κ2) is 8.47. The molecule has 1 heteroatoms.